The lowest BCUT2D eigenvalue weighted by molar-refractivity contribution is 0.590. The van der Waals surface area contributed by atoms with Gasteiger partial charge in [0, 0.05) is 15.8 Å². The highest BCUT2D eigenvalue weighted by Crippen LogP contribution is 2.36. The minimum Gasteiger partial charge on any atom is -0.313 e. The van der Waals surface area contributed by atoms with Crippen LogP contribution in [0.2, 0.25) is 0 Å². The van der Waals surface area contributed by atoms with Crippen LogP contribution in [0.1, 0.15) is 27.8 Å². The molecule has 1 heterocycles. The van der Waals surface area contributed by atoms with Crippen molar-refractivity contribution < 1.29 is 0 Å². The van der Waals surface area contributed by atoms with Gasteiger partial charge in [0.2, 0.25) is 0 Å². The van der Waals surface area contributed by atoms with Gasteiger partial charge in [-0.25, -0.2) is 0 Å². The van der Waals surface area contributed by atoms with Crippen LogP contribution < -0.4 is 5.32 Å². The number of rotatable bonds is 1. The van der Waals surface area contributed by atoms with E-state index in [0.29, 0.717) is 6.04 Å². The van der Waals surface area contributed by atoms with E-state index in [1.165, 1.54) is 17.7 Å². The van der Waals surface area contributed by atoms with Crippen molar-refractivity contribution >= 4 is 11.3 Å². The summed E-state index contributed by atoms with van der Waals surface area (Å²) in [7, 11) is 2.05. The molecular formula is C9H13NS. The van der Waals surface area contributed by atoms with Crippen molar-refractivity contribution in [2.45, 2.75) is 25.8 Å². The lowest BCUT2D eigenvalue weighted by Gasteiger charge is -2.06. The van der Waals surface area contributed by atoms with E-state index in [4.69, 9.17) is 0 Å². The van der Waals surface area contributed by atoms with E-state index in [9.17, 15) is 0 Å². The number of fused-ring (bicyclic) bond motifs is 1. The number of hydrogen-bond donors (Lipinski definition) is 1. The molecule has 0 saturated carbocycles. The summed E-state index contributed by atoms with van der Waals surface area (Å²) in [5.74, 6) is 0. The number of hydrogen-bond acceptors (Lipinski definition) is 2. The summed E-state index contributed by atoms with van der Waals surface area (Å²) >= 11 is 1.96. The third kappa shape index (κ3) is 1.10. The van der Waals surface area contributed by atoms with Gasteiger partial charge >= 0.3 is 0 Å². The molecule has 0 amide bonds. The fourth-order valence-corrected chi connectivity index (χ4v) is 2.92. The van der Waals surface area contributed by atoms with Crippen LogP contribution in [0.5, 0.6) is 0 Å². The van der Waals surface area contributed by atoms with E-state index in [-0.39, 0.29) is 0 Å². The molecule has 1 unspecified atom stereocenters. The van der Waals surface area contributed by atoms with Gasteiger partial charge in [-0.15, -0.1) is 11.3 Å². The molecule has 0 spiro atoms. The molecule has 1 aromatic rings. The van der Waals surface area contributed by atoms with Crippen LogP contribution in [0.15, 0.2) is 6.07 Å². The Morgan fingerprint density at radius 1 is 1.64 bits per heavy atom. The molecule has 2 heteroatoms. The highest BCUT2D eigenvalue weighted by Gasteiger charge is 2.22. The summed E-state index contributed by atoms with van der Waals surface area (Å²) in [6.45, 7) is 2.19. The number of nitrogens with one attached hydrogen (secondary N) is 1. The van der Waals surface area contributed by atoms with E-state index in [1.54, 1.807) is 10.4 Å². The molecule has 1 aliphatic carbocycles. The molecule has 1 nitrogen and oxygen atoms in total. The van der Waals surface area contributed by atoms with Crippen molar-refractivity contribution in [2.75, 3.05) is 7.05 Å². The zero-order valence-corrected chi connectivity index (χ0v) is 7.79. The molecule has 0 saturated heterocycles. The SMILES string of the molecule is CNC1CCc2sc(C)cc21. The van der Waals surface area contributed by atoms with E-state index in [0.717, 1.165) is 0 Å². The van der Waals surface area contributed by atoms with E-state index in [2.05, 4.69) is 18.3 Å². The second-order valence-corrected chi connectivity index (χ2v) is 4.46. The Labute approximate surface area is 71.4 Å². The van der Waals surface area contributed by atoms with Crippen molar-refractivity contribution in [1.29, 1.82) is 0 Å². The van der Waals surface area contributed by atoms with E-state index >= 15 is 0 Å². The standard InChI is InChI=1S/C9H13NS/c1-6-5-7-8(10-2)3-4-9(7)11-6/h5,8,10H,3-4H2,1-2H3. The Balaban J connectivity index is 2.37. The molecule has 11 heavy (non-hydrogen) atoms. The molecule has 2 rings (SSSR count). The van der Waals surface area contributed by atoms with Crippen LogP contribution in [0, 0.1) is 6.92 Å². The zero-order chi connectivity index (χ0) is 7.84. The average molecular weight is 167 g/mol. The third-order valence-corrected chi connectivity index (χ3v) is 3.47. The molecule has 0 aliphatic heterocycles. The van der Waals surface area contributed by atoms with Crippen molar-refractivity contribution in [1.82, 2.24) is 5.32 Å². The average Bonchev–Trinajstić information content (AvgIpc) is 2.45. The summed E-state index contributed by atoms with van der Waals surface area (Å²) in [6, 6.07) is 2.96. The van der Waals surface area contributed by atoms with Crippen LogP contribution in [0.25, 0.3) is 0 Å². The third-order valence-electron chi connectivity index (χ3n) is 2.35. The maximum atomic E-state index is 3.34. The van der Waals surface area contributed by atoms with Crippen LogP contribution in [-0.4, -0.2) is 7.05 Å². The Morgan fingerprint density at radius 3 is 3.18 bits per heavy atom. The van der Waals surface area contributed by atoms with Gasteiger partial charge in [-0.05, 0) is 38.4 Å². The molecule has 0 radical (unpaired) electrons. The Morgan fingerprint density at radius 2 is 2.45 bits per heavy atom. The molecule has 1 N–H and O–H groups in total. The minimum absolute atomic E-state index is 0.634. The Hall–Kier alpha value is -0.340. The monoisotopic (exact) mass is 167 g/mol. The second-order valence-electron chi connectivity index (χ2n) is 3.12. The van der Waals surface area contributed by atoms with Crippen LogP contribution in [0.3, 0.4) is 0 Å². The maximum absolute atomic E-state index is 3.34. The van der Waals surface area contributed by atoms with Gasteiger partial charge in [-0.2, -0.15) is 0 Å². The van der Waals surface area contributed by atoms with Gasteiger partial charge in [0.1, 0.15) is 0 Å². The summed E-state index contributed by atoms with van der Waals surface area (Å²) in [5, 5.41) is 3.34. The molecule has 1 aliphatic rings. The first-order valence-electron chi connectivity index (χ1n) is 4.07. The first-order valence-corrected chi connectivity index (χ1v) is 4.89. The Kier molecular flexibility index (Phi) is 1.74. The lowest BCUT2D eigenvalue weighted by Crippen LogP contribution is -2.12. The predicted octanol–water partition coefficient (Wildman–Crippen LogP) is 2.26. The first-order chi connectivity index (χ1) is 5.31. The minimum atomic E-state index is 0.634. The van der Waals surface area contributed by atoms with Crippen molar-refractivity contribution in [3.63, 3.8) is 0 Å². The zero-order valence-electron chi connectivity index (χ0n) is 6.98. The second kappa shape index (κ2) is 2.61. The normalized spacial score (nSPS) is 22.2. The lowest BCUT2D eigenvalue weighted by atomic mass is 10.2. The van der Waals surface area contributed by atoms with E-state index in [1.807, 2.05) is 18.4 Å². The fourth-order valence-electron chi connectivity index (χ4n) is 1.80. The van der Waals surface area contributed by atoms with Crippen LogP contribution in [-0.2, 0) is 6.42 Å². The van der Waals surface area contributed by atoms with Crippen molar-refractivity contribution in [3.05, 3.63) is 21.4 Å². The van der Waals surface area contributed by atoms with Gasteiger partial charge in [-0.1, -0.05) is 0 Å². The molecule has 0 aromatic carbocycles. The molecule has 1 aromatic heterocycles. The van der Waals surface area contributed by atoms with Gasteiger partial charge in [0.25, 0.3) is 0 Å². The smallest absolute Gasteiger partial charge is 0.0332 e. The first kappa shape index (κ1) is 7.32. The van der Waals surface area contributed by atoms with Gasteiger partial charge in [0.15, 0.2) is 0 Å². The van der Waals surface area contributed by atoms with Crippen molar-refractivity contribution in [2.24, 2.45) is 0 Å². The Bertz CT molecular complexity index is 265. The molecule has 0 fully saturated rings. The van der Waals surface area contributed by atoms with Crippen LogP contribution >= 0.6 is 11.3 Å². The summed E-state index contributed by atoms with van der Waals surface area (Å²) in [6.07, 6.45) is 2.57. The topological polar surface area (TPSA) is 12.0 Å². The quantitative estimate of drug-likeness (QED) is 0.676. The van der Waals surface area contributed by atoms with Gasteiger partial charge in [-0.3, -0.25) is 0 Å². The molecule has 0 bridgehead atoms. The highest BCUT2D eigenvalue weighted by atomic mass is 32.1. The predicted molar refractivity (Wildman–Crippen MR) is 49.2 cm³/mol. The van der Waals surface area contributed by atoms with Crippen LogP contribution in [0.4, 0.5) is 0 Å². The van der Waals surface area contributed by atoms with Gasteiger partial charge in [0.05, 0.1) is 0 Å². The number of aryl methyl sites for hydroxylation is 2. The number of thiophene rings is 1. The summed E-state index contributed by atoms with van der Waals surface area (Å²) in [4.78, 5) is 3.05. The van der Waals surface area contributed by atoms with E-state index < -0.39 is 0 Å². The molecular weight excluding hydrogens is 154 g/mol. The molecule has 1 atom stereocenters. The largest absolute Gasteiger partial charge is 0.313 e. The maximum Gasteiger partial charge on any atom is 0.0332 e. The fraction of sp³-hybridized carbons (Fsp3) is 0.556. The van der Waals surface area contributed by atoms with Gasteiger partial charge < -0.3 is 5.32 Å². The summed E-state index contributed by atoms with van der Waals surface area (Å²) in [5.41, 5.74) is 1.55. The van der Waals surface area contributed by atoms with Crippen molar-refractivity contribution in [3.8, 4) is 0 Å². The molecule has 60 valence electrons. The highest BCUT2D eigenvalue weighted by molar-refractivity contribution is 7.12. The summed E-state index contributed by atoms with van der Waals surface area (Å²) < 4.78 is 0.